The summed E-state index contributed by atoms with van der Waals surface area (Å²) in [5.41, 5.74) is 2.48. The van der Waals surface area contributed by atoms with Gasteiger partial charge in [-0.25, -0.2) is 4.98 Å². The standard InChI is InChI=1S/C16H20N2/c1-12(2)16(14-7-5-4-6-8-14)18-15-10-9-13(3)11-17-15/h4-12,16H,1-3H3,(H,17,18). The summed E-state index contributed by atoms with van der Waals surface area (Å²) in [5, 5.41) is 3.51. The molecule has 0 radical (unpaired) electrons. The van der Waals surface area contributed by atoms with Gasteiger partial charge >= 0.3 is 0 Å². The quantitative estimate of drug-likeness (QED) is 0.866. The van der Waals surface area contributed by atoms with Crippen LogP contribution in [-0.2, 0) is 0 Å². The number of anilines is 1. The zero-order valence-electron chi connectivity index (χ0n) is 11.2. The molecule has 0 aliphatic rings. The monoisotopic (exact) mass is 240 g/mol. The lowest BCUT2D eigenvalue weighted by atomic mass is 9.96. The zero-order chi connectivity index (χ0) is 13.0. The number of benzene rings is 1. The van der Waals surface area contributed by atoms with Crippen LogP contribution in [0.3, 0.4) is 0 Å². The number of rotatable bonds is 4. The fourth-order valence-electron chi connectivity index (χ4n) is 2.01. The third-order valence-corrected chi connectivity index (χ3v) is 3.04. The van der Waals surface area contributed by atoms with Crippen LogP contribution >= 0.6 is 0 Å². The van der Waals surface area contributed by atoms with Gasteiger partial charge in [0, 0.05) is 6.20 Å². The van der Waals surface area contributed by atoms with Crippen LogP contribution in [0.5, 0.6) is 0 Å². The summed E-state index contributed by atoms with van der Waals surface area (Å²) in [6.45, 7) is 6.49. The predicted octanol–water partition coefficient (Wildman–Crippen LogP) is 4.20. The highest BCUT2D eigenvalue weighted by Gasteiger charge is 2.15. The van der Waals surface area contributed by atoms with E-state index in [0.717, 1.165) is 5.82 Å². The summed E-state index contributed by atoms with van der Waals surface area (Å²) in [4.78, 5) is 4.41. The van der Waals surface area contributed by atoms with Gasteiger partial charge in [-0.1, -0.05) is 50.2 Å². The third-order valence-electron chi connectivity index (χ3n) is 3.04. The molecule has 1 N–H and O–H groups in total. The molecule has 94 valence electrons. The first kappa shape index (κ1) is 12.6. The largest absolute Gasteiger partial charge is 0.363 e. The number of pyridine rings is 1. The van der Waals surface area contributed by atoms with E-state index in [1.165, 1.54) is 11.1 Å². The zero-order valence-corrected chi connectivity index (χ0v) is 11.2. The molecule has 1 aromatic carbocycles. The molecule has 0 saturated carbocycles. The smallest absolute Gasteiger partial charge is 0.126 e. The first-order chi connectivity index (χ1) is 8.66. The highest BCUT2D eigenvalue weighted by Crippen LogP contribution is 2.25. The van der Waals surface area contributed by atoms with Crippen molar-refractivity contribution in [1.82, 2.24) is 4.98 Å². The van der Waals surface area contributed by atoms with Gasteiger partial charge in [0.1, 0.15) is 5.82 Å². The highest BCUT2D eigenvalue weighted by atomic mass is 15.0. The van der Waals surface area contributed by atoms with Gasteiger partial charge in [-0.15, -0.1) is 0 Å². The number of nitrogens with one attached hydrogen (secondary N) is 1. The fourth-order valence-corrected chi connectivity index (χ4v) is 2.01. The summed E-state index contributed by atoms with van der Waals surface area (Å²) < 4.78 is 0. The van der Waals surface area contributed by atoms with Crippen LogP contribution in [0.4, 0.5) is 5.82 Å². The van der Waals surface area contributed by atoms with E-state index >= 15 is 0 Å². The van der Waals surface area contributed by atoms with Crippen molar-refractivity contribution in [3.05, 3.63) is 59.8 Å². The van der Waals surface area contributed by atoms with Crippen molar-refractivity contribution in [1.29, 1.82) is 0 Å². The summed E-state index contributed by atoms with van der Waals surface area (Å²) in [7, 11) is 0. The Morgan fingerprint density at radius 1 is 1.00 bits per heavy atom. The van der Waals surface area contributed by atoms with E-state index in [-0.39, 0.29) is 0 Å². The molecule has 1 atom stereocenters. The highest BCUT2D eigenvalue weighted by molar-refractivity contribution is 5.39. The van der Waals surface area contributed by atoms with Crippen LogP contribution in [0.15, 0.2) is 48.7 Å². The van der Waals surface area contributed by atoms with E-state index in [9.17, 15) is 0 Å². The minimum Gasteiger partial charge on any atom is -0.363 e. The Balaban J connectivity index is 2.19. The van der Waals surface area contributed by atoms with Crippen LogP contribution in [0.2, 0.25) is 0 Å². The average molecular weight is 240 g/mol. The lowest BCUT2D eigenvalue weighted by molar-refractivity contribution is 0.545. The second-order valence-electron chi connectivity index (χ2n) is 5.00. The Hall–Kier alpha value is -1.83. The van der Waals surface area contributed by atoms with Crippen molar-refractivity contribution in [2.75, 3.05) is 5.32 Å². The van der Waals surface area contributed by atoms with Crippen LogP contribution < -0.4 is 5.32 Å². The van der Waals surface area contributed by atoms with Gasteiger partial charge in [0.2, 0.25) is 0 Å². The molecule has 0 saturated heterocycles. The Morgan fingerprint density at radius 3 is 2.28 bits per heavy atom. The van der Waals surface area contributed by atoms with Crippen molar-refractivity contribution in [3.63, 3.8) is 0 Å². The summed E-state index contributed by atoms with van der Waals surface area (Å²) >= 11 is 0. The summed E-state index contributed by atoms with van der Waals surface area (Å²) in [6, 6.07) is 14.9. The van der Waals surface area contributed by atoms with E-state index in [4.69, 9.17) is 0 Å². The Morgan fingerprint density at radius 2 is 1.72 bits per heavy atom. The molecule has 2 nitrogen and oxygen atoms in total. The molecule has 0 amide bonds. The van der Waals surface area contributed by atoms with Gasteiger partial charge in [0.05, 0.1) is 6.04 Å². The second-order valence-corrected chi connectivity index (χ2v) is 5.00. The maximum absolute atomic E-state index is 4.41. The molecule has 1 heterocycles. The number of aromatic nitrogens is 1. The molecule has 2 heteroatoms. The van der Waals surface area contributed by atoms with Crippen LogP contribution in [0.1, 0.15) is 31.0 Å². The third kappa shape index (κ3) is 3.10. The molecule has 1 unspecified atom stereocenters. The Labute approximate surface area is 109 Å². The summed E-state index contributed by atoms with van der Waals surface area (Å²) in [6.07, 6.45) is 1.89. The SMILES string of the molecule is Cc1ccc(NC(c2ccccc2)C(C)C)nc1. The normalized spacial score (nSPS) is 12.4. The van der Waals surface area contributed by atoms with Gasteiger partial charge in [0.25, 0.3) is 0 Å². The van der Waals surface area contributed by atoms with Gasteiger partial charge < -0.3 is 5.32 Å². The van der Waals surface area contributed by atoms with E-state index in [0.29, 0.717) is 12.0 Å². The van der Waals surface area contributed by atoms with Crippen molar-refractivity contribution in [2.45, 2.75) is 26.8 Å². The van der Waals surface area contributed by atoms with Crippen molar-refractivity contribution in [2.24, 2.45) is 5.92 Å². The minimum atomic E-state index is 0.293. The van der Waals surface area contributed by atoms with E-state index in [1.807, 2.05) is 25.3 Å². The van der Waals surface area contributed by atoms with E-state index in [2.05, 4.69) is 54.5 Å². The molecule has 0 aliphatic heterocycles. The number of nitrogens with zero attached hydrogens (tertiary/aromatic N) is 1. The van der Waals surface area contributed by atoms with Gasteiger partial charge in [-0.2, -0.15) is 0 Å². The minimum absolute atomic E-state index is 0.293. The molecular weight excluding hydrogens is 220 g/mol. The molecule has 18 heavy (non-hydrogen) atoms. The number of hydrogen-bond acceptors (Lipinski definition) is 2. The first-order valence-electron chi connectivity index (χ1n) is 6.41. The maximum atomic E-state index is 4.41. The van der Waals surface area contributed by atoms with Crippen molar-refractivity contribution >= 4 is 5.82 Å². The molecule has 1 aromatic heterocycles. The Kier molecular flexibility index (Phi) is 3.98. The lowest BCUT2D eigenvalue weighted by Crippen LogP contribution is -2.17. The van der Waals surface area contributed by atoms with E-state index in [1.54, 1.807) is 0 Å². The summed E-state index contributed by atoms with van der Waals surface area (Å²) in [5.74, 6) is 1.44. The molecule has 0 spiro atoms. The molecule has 2 rings (SSSR count). The number of hydrogen-bond donors (Lipinski definition) is 1. The van der Waals surface area contributed by atoms with Gasteiger partial charge in [-0.3, -0.25) is 0 Å². The van der Waals surface area contributed by atoms with Crippen molar-refractivity contribution < 1.29 is 0 Å². The predicted molar refractivity (Wildman–Crippen MR) is 76.6 cm³/mol. The number of aryl methyl sites for hydroxylation is 1. The lowest BCUT2D eigenvalue weighted by Gasteiger charge is -2.23. The Bertz CT molecular complexity index is 474. The van der Waals surface area contributed by atoms with Gasteiger partial charge in [-0.05, 0) is 30.0 Å². The molecule has 0 fully saturated rings. The topological polar surface area (TPSA) is 24.9 Å². The van der Waals surface area contributed by atoms with Gasteiger partial charge in [0.15, 0.2) is 0 Å². The van der Waals surface area contributed by atoms with Crippen LogP contribution in [0.25, 0.3) is 0 Å². The molecule has 0 bridgehead atoms. The van der Waals surface area contributed by atoms with Crippen LogP contribution in [0, 0.1) is 12.8 Å². The molecule has 0 aliphatic carbocycles. The van der Waals surface area contributed by atoms with Crippen molar-refractivity contribution in [3.8, 4) is 0 Å². The molecule has 2 aromatic rings. The fraction of sp³-hybridized carbons (Fsp3) is 0.312. The van der Waals surface area contributed by atoms with Crippen LogP contribution in [-0.4, -0.2) is 4.98 Å². The first-order valence-corrected chi connectivity index (χ1v) is 6.41. The van der Waals surface area contributed by atoms with E-state index < -0.39 is 0 Å². The maximum Gasteiger partial charge on any atom is 0.126 e. The second kappa shape index (κ2) is 5.67. The molecular formula is C16H20N2. The average Bonchev–Trinajstić information content (AvgIpc) is 2.38.